The first-order chi connectivity index (χ1) is 13.1. The molecule has 168 valence electrons. The molecule has 0 spiro atoms. The highest BCUT2D eigenvalue weighted by molar-refractivity contribution is 14.0. The van der Waals surface area contributed by atoms with E-state index in [0.29, 0.717) is 25.5 Å². The number of hydrogen-bond donors (Lipinski definition) is 2. The van der Waals surface area contributed by atoms with Crippen LogP contribution in [0.4, 0.5) is 26.3 Å². The molecule has 0 aliphatic carbocycles. The lowest BCUT2D eigenvalue weighted by atomic mass is 10.2. The van der Waals surface area contributed by atoms with Gasteiger partial charge in [0, 0.05) is 19.7 Å². The van der Waals surface area contributed by atoms with Crippen LogP contribution in [0.5, 0.6) is 5.75 Å². The van der Waals surface area contributed by atoms with Crippen molar-refractivity contribution in [3.63, 3.8) is 0 Å². The Morgan fingerprint density at radius 2 is 1.59 bits per heavy atom. The van der Waals surface area contributed by atoms with Gasteiger partial charge in [0.15, 0.2) is 12.6 Å². The molecule has 1 aromatic carbocycles. The first-order valence-corrected chi connectivity index (χ1v) is 8.54. The number of alkyl halides is 6. The van der Waals surface area contributed by atoms with Crippen molar-refractivity contribution in [2.75, 3.05) is 32.9 Å². The van der Waals surface area contributed by atoms with Gasteiger partial charge in [0.25, 0.3) is 0 Å². The van der Waals surface area contributed by atoms with E-state index in [4.69, 9.17) is 0 Å². The van der Waals surface area contributed by atoms with Crippen molar-refractivity contribution < 1.29 is 35.8 Å². The minimum Gasteiger partial charge on any atom is -0.484 e. The Morgan fingerprint density at radius 1 is 0.966 bits per heavy atom. The van der Waals surface area contributed by atoms with Gasteiger partial charge in [-0.25, -0.2) is 4.99 Å². The van der Waals surface area contributed by atoms with Crippen LogP contribution in [-0.2, 0) is 11.3 Å². The maximum Gasteiger partial charge on any atom is 0.422 e. The summed E-state index contributed by atoms with van der Waals surface area (Å²) in [4.78, 5) is 4.31. The van der Waals surface area contributed by atoms with Gasteiger partial charge in [-0.15, -0.1) is 24.0 Å². The molecule has 0 heterocycles. The van der Waals surface area contributed by atoms with Gasteiger partial charge < -0.3 is 20.1 Å². The van der Waals surface area contributed by atoms with Crippen molar-refractivity contribution in [1.29, 1.82) is 0 Å². The highest BCUT2D eigenvalue weighted by Gasteiger charge is 2.28. The van der Waals surface area contributed by atoms with Crippen LogP contribution in [0.2, 0.25) is 0 Å². The fourth-order valence-corrected chi connectivity index (χ4v) is 1.94. The standard InChI is InChI=1S/C17H23F6N3O2.HI/c1-2-24-15(25-8-3-9-27-11-16(18,19)20)26-10-13-4-6-14(7-5-13)28-12-17(21,22)23;/h4-7H,2-3,8-12H2,1H3,(H2,24,25,26);1H. The zero-order valence-electron chi connectivity index (χ0n) is 15.7. The van der Waals surface area contributed by atoms with Crippen LogP contribution in [0, 0.1) is 0 Å². The van der Waals surface area contributed by atoms with Crippen LogP contribution < -0.4 is 15.4 Å². The molecule has 0 atom stereocenters. The topological polar surface area (TPSA) is 54.9 Å². The third-order valence-corrected chi connectivity index (χ3v) is 3.11. The van der Waals surface area contributed by atoms with E-state index in [-0.39, 0.29) is 42.9 Å². The van der Waals surface area contributed by atoms with Crippen LogP contribution in [0.1, 0.15) is 18.9 Å². The summed E-state index contributed by atoms with van der Waals surface area (Å²) in [6.07, 6.45) is -8.37. The lowest BCUT2D eigenvalue weighted by Gasteiger charge is -2.12. The largest absolute Gasteiger partial charge is 0.484 e. The Kier molecular flexibility index (Phi) is 13.0. The molecular formula is C17H24F6IN3O2. The predicted octanol–water partition coefficient (Wildman–Crippen LogP) is 4.27. The number of rotatable bonds is 10. The van der Waals surface area contributed by atoms with E-state index < -0.39 is 25.6 Å². The highest BCUT2D eigenvalue weighted by atomic mass is 127. The maximum atomic E-state index is 12.1. The molecular weight excluding hydrogens is 519 g/mol. The number of nitrogens with one attached hydrogen (secondary N) is 2. The maximum absolute atomic E-state index is 12.1. The number of aliphatic imine (C=N–C) groups is 1. The fraction of sp³-hybridized carbons (Fsp3) is 0.588. The SMILES string of the molecule is CCNC(=NCc1ccc(OCC(F)(F)F)cc1)NCCCOCC(F)(F)F.I. The smallest absolute Gasteiger partial charge is 0.422 e. The highest BCUT2D eigenvalue weighted by Crippen LogP contribution is 2.19. The number of hydrogen-bond acceptors (Lipinski definition) is 3. The third-order valence-electron chi connectivity index (χ3n) is 3.11. The molecule has 12 heteroatoms. The van der Waals surface area contributed by atoms with Crippen molar-refractivity contribution in [3.8, 4) is 5.75 Å². The third kappa shape index (κ3) is 15.1. The average Bonchev–Trinajstić information content (AvgIpc) is 2.60. The molecule has 0 unspecified atom stereocenters. The zero-order chi connectivity index (χ0) is 21.0. The summed E-state index contributed by atoms with van der Waals surface area (Å²) in [6.45, 7) is 0.408. The van der Waals surface area contributed by atoms with Crippen molar-refractivity contribution in [2.24, 2.45) is 4.99 Å². The van der Waals surface area contributed by atoms with E-state index in [0.717, 1.165) is 5.56 Å². The number of halogens is 7. The normalized spacial score (nSPS) is 12.3. The number of nitrogens with zero attached hydrogens (tertiary/aromatic N) is 1. The van der Waals surface area contributed by atoms with E-state index in [1.54, 1.807) is 12.1 Å². The Labute approximate surface area is 182 Å². The monoisotopic (exact) mass is 543 g/mol. The van der Waals surface area contributed by atoms with Crippen molar-refractivity contribution in [2.45, 2.75) is 32.2 Å². The van der Waals surface area contributed by atoms with Crippen LogP contribution in [-0.4, -0.2) is 51.2 Å². The summed E-state index contributed by atoms with van der Waals surface area (Å²) >= 11 is 0. The molecule has 1 rings (SSSR count). The van der Waals surface area contributed by atoms with Crippen molar-refractivity contribution >= 4 is 29.9 Å². The lowest BCUT2D eigenvalue weighted by molar-refractivity contribution is -0.173. The van der Waals surface area contributed by atoms with Gasteiger partial charge in [0.2, 0.25) is 0 Å². The van der Waals surface area contributed by atoms with Crippen LogP contribution in [0.25, 0.3) is 0 Å². The van der Waals surface area contributed by atoms with E-state index >= 15 is 0 Å². The van der Waals surface area contributed by atoms with Gasteiger partial charge >= 0.3 is 12.4 Å². The summed E-state index contributed by atoms with van der Waals surface area (Å²) in [7, 11) is 0. The van der Waals surface area contributed by atoms with Gasteiger partial charge in [0.05, 0.1) is 6.54 Å². The minimum atomic E-state index is -4.40. The van der Waals surface area contributed by atoms with Gasteiger partial charge in [-0.1, -0.05) is 12.1 Å². The Morgan fingerprint density at radius 3 is 2.14 bits per heavy atom. The molecule has 29 heavy (non-hydrogen) atoms. The number of ether oxygens (including phenoxy) is 2. The molecule has 0 radical (unpaired) electrons. The Bertz CT molecular complexity index is 594. The second kappa shape index (κ2) is 13.7. The summed E-state index contributed by atoms with van der Waals surface area (Å²) < 4.78 is 81.3. The summed E-state index contributed by atoms with van der Waals surface area (Å²) in [5.41, 5.74) is 0.755. The van der Waals surface area contributed by atoms with Gasteiger partial charge in [0.1, 0.15) is 12.4 Å². The molecule has 0 saturated heterocycles. The lowest BCUT2D eigenvalue weighted by Crippen LogP contribution is -2.38. The van der Waals surface area contributed by atoms with E-state index in [1.807, 2.05) is 6.92 Å². The summed E-state index contributed by atoms with van der Waals surface area (Å²) in [5.74, 6) is 0.574. The number of guanidine groups is 1. The second-order valence-electron chi connectivity index (χ2n) is 5.69. The molecule has 0 aromatic heterocycles. The Balaban J connectivity index is 0.00000784. The fourth-order valence-electron chi connectivity index (χ4n) is 1.94. The molecule has 1 aromatic rings. The summed E-state index contributed by atoms with van der Waals surface area (Å²) in [5, 5.41) is 5.95. The molecule has 5 nitrogen and oxygen atoms in total. The van der Waals surface area contributed by atoms with Crippen LogP contribution in [0.15, 0.2) is 29.3 Å². The average molecular weight is 543 g/mol. The Hall–Kier alpha value is -1.44. The minimum absolute atomic E-state index is 0. The molecule has 0 saturated carbocycles. The molecule has 0 aliphatic rings. The first kappa shape index (κ1) is 27.6. The van der Waals surface area contributed by atoms with E-state index in [1.165, 1.54) is 12.1 Å². The van der Waals surface area contributed by atoms with Crippen LogP contribution in [0.3, 0.4) is 0 Å². The van der Waals surface area contributed by atoms with Crippen molar-refractivity contribution in [3.05, 3.63) is 29.8 Å². The second-order valence-corrected chi connectivity index (χ2v) is 5.69. The molecule has 0 fully saturated rings. The summed E-state index contributed by atoms with van der Waals surface area (Å²) in [6, 6.07) is 6.05. The van der Waals surface area contributed by atoms with Gasteiger partial charge in [-0.05, 0) is 31.0 Å². The quantitative estimate of drug-likeness (QED) is 0.152. The molecule has 0 bridgehead atoms. The first-order valence-electron chi connectivity index (χ1n) is 8.54. The van der Waals surface area contributed by atoms with Crippen molar-refractivity contribution in [1.82, 2.24) is 10.6 Å². The number of benzene rings is 1. The van der Waals surface area contributed by atoms with E-state index in [9.17, 15) is 26.3 Å². The zero-order valence-corrected chi connectivity index (χ0v) is 18.0. The van der Waals surface area contributed by atoms with E-state index in [2.05, 4.69) is 25.1 Å². The van der Waals surface area contributed by atoms with Gasteiger partial charge in [-0.2, -0.15) is 26.3 Å². The predicted molar refractivity (Wildman–Crippen MR) is 108 cm³/mol. The van der Waals surface area contributed by atoms with Crippen LogP contribution >= 0.6 is 24.0 Å². The molecule has 0 amide bonds. The molecule has 0 aliphatic heterocycles. The molecule has 2 N–H and O–H groups in total. The van der Waals surface area contributed by atoms with Gasteiger partial charge in [-0.3, -0.25) is 0 Å².